The molecule has 0 aliphatic carbocycles. The summed E-state index contributed by atoms with van der Waals surface area (Å²) in [5, 5.41) is 8.68. The fourth-order valence-electron chi connectivity index (χ4n) is 1.94. The zero-order valence-electron chi connectivity index (χ0n) is 9.89. The van der Waals surface area contributed by atoms with Gasteiger partial charge in [0.1, 0.15) is 6.04 Å². The number of nitrogens with two attached hydrogens (primary N) is 1. The average Bonchev–Trinajstić information content (AvgIpc) is 2.27. The lowest BCUT2D eigenvalue weighted by Gasteiger charge is -2.25. The summed E-state index contributed by atoms with van der Waals surface area (Å²) >= 11 is 0. The molecule has 3 N–H and O–H groups in total. The Hall–Kier alpha value is -0.650. The van der Waals surface area contributed by atoms with Gasteiger partial charge in [0.25, 0.3) is 0 Å². The first kappa shape index (κ1) is 13.4. The maximum absolute atomic E-state index is 10.6. The summed E-state index contributed by atoms with van der Waals surface area (Å²) in [7, 11) is 1.92. The third kappa shape index (κ3) is 4.92. The fourth-order valence-corrected chi connectivity index (χ4v) is 1.94. The highest BCUT2D eigenvalue weighted by Gasteiger charge is 2.17. The van der Waals surface area contributed by atoms with E-state index in [0.29, 0.717) is 6.54 Å². The van der Waals surface area contributed by atoms with Gasteiger partial charge in [-0.25, -0.2) is 0 Å². The van der Waals surface area contributed by atoms with E-state index in [0.717, 1.165) is 44.9 Å². The minimum absolute atomic E-state index is 0.415. The Morgan fingerprint density at radius 3 is 2.75 bits per heavy atom. The lowest BCUT2D eigenvalue weighted by atomic mass is 9.96. The molecule has 0 radical (unpaired) electrons. The van der Waals surface area contributed by atoms with E-state index in [2.05, 4.69) is 0 Å². The molecule has 0 aromatic rings. The monoisotopic (exact) mass is 230 g/mol. The van der Waals surface area contributed by atoms with Crippen LogP contribution in [0.4, 0.5) is 0 Å². The number of nitrogens with zero attached hydrogens (tertiary/aromatic N) is 1. The molecule has 5 heteroatoms. The van der Waals surface area contributed by atoms with Crippen LogP contribution in [0.25, 0.3) is 0 Å². The number of aliphatic carboxylic acids is 1. The standard InChI is InChI=1S/C11H22N2O3/c1-13(8-10(12)11(14)15)5-2-9-3-6-16-7-4-9/h9-10H,2-8,12H2,1H3,(H,14,15). The van der Waals surface area contributed by atoms with Gasteiger partial charge in [-0.1, -0.05) is 0 Å². The van der Waals surface area contributed by atoms with Crippen molar-refractivity contribution in [2.24, 2.45) is 11.7 Å². The van der Waals surface area contributed by atoms with Crippen molar-refractivity contribution in [3.05, 3.63) is 0 Å². The first-order valence-corrected chi connectivity index (χ1v) is 5.84. The van der Waals surface area contributed by atoms with E-state index in [1.54, 1.807) is 0 Å². The molecule has 0 aromatic heterocycles. The molecule has 1 unspecified atom stereocenters. The van der Waals surface area contributed by atoms with Crippen LogP contribution in [0.3, 0.4) is 0 Å². The van der Waals surface area contributed by atoms with Crippen molar-refractivity contribution in [1.82, 2.24) is 4.90 Å². The van der Waals surface area contributed by atoms with Gasteiger partial charge in [-0.2, -0.15) is 0 Å². The van der Waals surface area contributed by atoms with Gasteiger partial charge < -0.3 is 20.5 Å². The second-order valence-corrected chi connectivity index (χ2v) is 4.55. The van der Waals surface area contributed by atoms with Crippen molar-refractivity contribution < 1.29 is 14.6 Å². The van der Waals surface area contributed by atoms with E-state index < -0.39 is 12.0 Å². The molecule has 16 heavy (non-hydrogen) atoms. The maximum Gasteiger partial charge on any atom is 0.321 e. The Labute approximate surface area is 96.6 Å². The van der Waals surface area contributed by atoms with E-state index in [1.165, 1.54) is 0 Å². The molecule has 0 saturated carbocycles. The van der Waals surface area contributed by atoms with Gasteiger partial charge >= 0.3 is 5.97 Å². The van der Waals surface area contributed by atoms with Crippen LogP contribution in [0.15, 0.2) is 0 Å². The lowest BCUT2D eigenvalue weighted by Crippen LogP contribution is -2.41. The largest absolute Gasteiger partial charge is 0.480 e. The first-order chi connectivity index (χ1) is 7.59. The Kier molecular flexibility index (Phi) is 5.73. The molecular weight excluding hydrogens is 208 g/mol. The van der Waals surface area contributed by atoms with Crippen LogP contribution in [0.1, 0.15) is 19.3 Å². The summed E-state index contributed by atoms with van der Waals surface area (Å²) in [6, 6.07) is -0.778. The number of carbonyl (C=O) groups is 1. The van der Waals surface area contributed by atoms with Crippen molar-refractivity contribution >= 4 is 5.97 Å². The smallest absolute Gasteiger partial charge is 0.321 e. The normalized spacial score (nSPS) is 19.9. The van der Waals surface area contributed by atoms with Crippen molar-refractivity contribution in [2.45, 2.75) is 25.3 Å². The number of carboxylic acid groups (broad SMARTS) is 1. The second kappa shape index (κ2) is 6.83. The van der Waals surface area contributed by atoms with Gasteiger partial charge in [0.2, 0.25) is 0 Å². The van der Waals surface area contributed by atoms with Gasteiger partial charge in [0, 0.05) is 19.8 Å². The quantitative estimate of drug-likeness (QED) is 0.679. The van der Waals surface area contributed by atoms with Gasteiger partial charge in [0.05, 0.1) is 0 Å². The van der Waals surface area contributed by atoms with Crippen molar-refractivity contribution in [3.63, 3.8) is 0 Å². The molecule has 94 valence electrons. The lowest BCUT2D eigenvalue weighted by molar-refractivity contribution is -0.138. The van der Waals surface area contributed by atoms with Crippen LogP contribution in [0.5, 0.6) is 0 Å². The summed E-state index contributed by atoms with van der Waals surface area (Å²) in [5.41, 5.74) is 5.46. The summed E-state index contributed by atoms with van der Waals surface area (Å²) < 4.78 is 5.29. The molecule has 0 aromatic carbocycles. The third-order valence-corrected chi connectivity index (χ3v) is 3.09. The molecule has 0 spiro atoms. The Balaban J connectivity index is 2.13. The van der Waals surface area contributed by atoms with Crippen molar-refractivity contribution in [2.75, 3.05) is 33.4 Å². The number of ether oxygens (including phenoxy) is 1. The second-order valence-electron chi connectivity index (χ2n) is 4.55. The van der Waals surface area contributed by atoms with E-state index >= 15 is 0 Å². The van der Waals surface area contributed by atoms with Crippen LogP contribution in [0.2, 0.25) is 0 Å². The summed E-state index contributed by atoms with van der Waals surface area (Å²) in [6.45, 7) is 3.05. The molecular formula is C11H22N2O3. The molecule has 1 atom stereocenters. The Morgan fingerprint density at radius 1 is 1.56 bits per heavy atom. The van der Waals surface area contributed by atoms with Gasteiger partial charge in [-0.05, 0) is 38.8 Å². The summed E-state index contributed by atoms with van der Waals surface area (Å²) in [5.74, 6) is -0.213. The van der Waals surface area contributed by atoms with E-state index in [9.17, 15) is 4.79 Å². The number of rotatable bonds is 6. The predicted molar refractivity (Wildman–Crippen MR) is 61.3 cm³/mol. The predicted octanol–water partition coefficient (Wildman–Crippen LogP) is 0.147. The molecule has 1 heterocycles. The fraction of sp³-hybridized carbons (Fsp3) is 0.909. The maximum atomic E-state index is 10.6. The Morgan fingerprint density at radius 2 is 2.19 bits per heavy atom. The SMILES string of the molecule is CN(CCC1CCOCC1)CC(N)C(=O)O. The molecule has 0 amide bonds. The summed E-state index contributed by atoms with van der Waals surface area (Å²) in [4.78, 5) is 12.6. The zero-order chi connectivity index (χ0) is 12.0. The highest BCUT2D eigenvalue weighted by molar-refractivity contribution is 5.73. The molecule has 1 aliphatic rings. The van der Waals surface area contributed by atoms with Gasteiger partial charge in [0.15, 0.2) is 0 Å². The van der Waals surface area contributed by atoms with Crippen molar-refractivity contribution in [1.29, 1.82) is 0 Å². The van der Waals surface area contributed by atoms with Crippen LogP contribution in [0, 0.1) is 5.92 Å². The van der Waals surface area contributed by atoms with E-state index in [-0.39, 0.29) is 0 Å². The van der Waals surface area contributed by atoms with Crippen LogP contribution < -0.4 is 5.73 Å². The van der Waals surface area contributed by atoms with Crippen LogP contribution in [-0.2, 0) is 9.53 Å². The van der Waals surface area contributed by atoms with Crippen molar-refractivity contribution in [3.8, 4) is 0 Å². The minimum Gasteiger partial charge on any atom is -0.480 e. The molecule has 1 saturated heterocycles. The van der Waals surface area contributed by atoms with E-state index in [1.807, 2.05) is 11.9 Å². The average molecular weight is 230 g/mol. The van der Waals surface area contributed by atoms with Gasteiger partial charge in [-0.15, -0.1) is 0 Å². The van der Waals surface area contributed by atoms with Gasteiger partial charge in [-0.3, -0.25) is 4.79 Å². The highest BCUT2D eigenvalue weighted by atomic mass is 16.5. The summed E-state index contributed by atoms with van der Waals surface area (Å²) in [6.07, 6.45) is 3.35. The number of hydrogen-bond acceptors (Lipinski definition) is 4. The van der Waals surface area contributed by atoms with Crippen LogP contribution >= 0.6 is 0 Å². The number of likely N-dealkylation sites (N-methyl/N-ethyl adjacent to an activating group) is 1. The zero-order valence-corrected chi connectivity index (χ0v) is 9.89. The molecule has 1 fully saturated rings. The van der Waals surface area contributed by atoms with E-state index in [4.69, 9.17) is 15.6 Å². The first-order valence-electron chi connectivity index (χ1n) is 5.84. The molecule has 1 rings (SSSR count). The minimum atomic E-state index is -0.932. The molecule has 5 nitrogen and oxygen atoms in total. The highest BCUT2D eigenvalue weighted by Crippen LogP contribution is 2.18. The molecule has 1 aliphatic heterocycles. The Bertz CT molecular complexity index is 217. The third-order valence-electron chi connectivity index (χ3n) is 3.09. The van der Waals surface area contributed by atoms with Crippen LogP contribution in [-0.4, -0.2) is 55.4 Å². The number of carboxylic acids is 1. The number of hydrogen-bond donors (Lipinski definition) is 2. The topological polar surface area (TPSA) is 75.8 Å². The molecule has 0 bridgehead atoms.